The van der Waals surface area contributed by atoms with E-state index in [-0.39, 0.29) is 12.2 Å². The number of hydrogen-bond acceptors (Lipinski definition) is 3. The molecule has 3 heteroatoms. The van der Waals surface area contributed by atoms with Crippen LogP contribution in [-0.2, 0) is 0 Å². The van der Waals surface area contributed by atoms with Gasteiger partial charge in [0.1, 0.15) is 6.17 Å². The van der Waals surface area contributed by atoms with E-state index < -0.39 is 0 Å². The smallest absolute Gasteiger partial charge is 0.104 e. The molecule has 0 bridgehead atoms. The van der Waals surface area contributed by atoms with Crippen LogP contribution in [0.5, 0.6) is 0 Å². The summed E-state index contributed by atoms with van der Waals surface area (Å²) in [5, 5.41) is 12.9. The average molecular weight is 670 g/mol. The summed E-state index contributed by atoms with van der Waals surface area (Å²) in [7, 11) is 0. The highest BCUT2D eigenvalue weighted by atomic mass is 15.2. The summed E-state index contributed by atoms with van der Waals surface area (Å²) in [6, 6.07) is 61.6. The number of rotatable bonds is 6. The van der Waals surface area contributed by atoms with E-state index in [1.54, 1.807) is 0 Å². The van der Waals surface area contributed by atoms with Gasteiger partial charge in [-0.2, -0.15) is 0 Å². The van der Waals surface area contributed by atoms with Gasteiger partial charge in [-0.3, -0.25) is 10.3 Å². The van der Waals surface area contributed by atoms with Crippen molar-refractivity contribution in [3.05, 3.63) is 204 Å². The second-order valence-electron chi connectivity index (χ2n) is 13.8. The van der Waals surface area contributed by atoms with Gasteiger partial charge >= 0.3 is 0 Å². The molecule has 0 saturated heterocycles. The third-order valence-electron chi connectivity index (χ3n) is 10.3. The van der Waals surface area contributed by atoms with Gasteiger partial charge in [-0.05, 0) is 116 Å². The van der Waals surface area contributed by atoms with Crippen molar-refractivity contribution < 1.29 is 0 Å². The predicted molar refractivity (Wildman–Crippen MR) is 218 cm³/mol. The summed E-state index contributed by atoms with van der Waals surface area (Å²) in [5.41, 5.74) is 13.8. The predicted octanol–water partition coefficient (Wildman–Crippen LogP) is 12.0. The van der Waals surface area contributed by atoms with Gasteiger partial charge in [0.25, 0.3) is 0 Å². The number of nitrogens with one attached hydrogen (secondary N) is 2. The van der Waals surface area contributed by atoms with Crippen LogP contribution < -0.4 is 10.6 Å². The molecule has 1 aliphatic heterocycles. The molecular weight excluding hydrogens is 631 g/mol. The fraction of sp³-hybridized carbons (Fsp3) is 0.0816. The molecule has 0 saturated carbocycles. The van der Waals surface area contributed by atoms with Crippen molar-refractivity contribution in [3.63, 3.8) is 0 Å². The number of fused-ring (bicyclic) bond motifs is 3. The normalized spacial score (nSPS) is 15.7. The number of aromatic nitrogens is 1. The molecule has 0 aliphatic carbocycles. The van der Waals surface area contributed by atoms with Gasteiger partial charge in [-0.1, -0.05) is 140 Å². The molecule has 0 radical (unpaired) electrons. The first-order valence-electron chi connectivity index (χ1n) is 18.0. The molecule has 2 N–H and O–H groups in total. The van der Waals surface area contributed by atoms with E-state index >= 15 is 0 Å². The first kappa shape index (κ1) is 31.7. The maximum Gasteiger partial charge on any atom is 0.104 e. The van der Waals surface area contributed by atoms with E-state index in [1.807, 2.05) is 6.92 Å². The lowest BCUT2D eigenvalue weighted by Gasteiger charge is -2.33. The summed E-state index contributed by atoms with van der Waals surface area (Å²) in [4.78, 5) is 4.72. The van der Waals surface area contributed by atoms with Gasteiger partial charge in [0, 0.05) is 22.6 Å². The molecular formula is C49H39N3. The van der Waals surface area contributed by atoms with Crippen LogP contribution in [-0.4, -0.2) is 4.98 Å². The summed E-state index contributed by atoms with van der Waals surface area (Å²) < 4.78 is 0. The molecule has 250 valence electrons. The Bertz CT molecular complexity index is 2590. The van der Waals surface area contributed by atoms with Crippen LogP contribution >= 0.6 is 0 Å². The van der Waals surface area contributed by atoms with Gasteiger partial charge in [-0.25, -0.2) is 0 Å². The lowest BCUT2D eigenvalue weighted by Crippen LogP contribution is -2.39. The van der Waals surface area contributed by atoms with Crippen molar-refractivity contribution >= 4 is 27.2 Å². The van der Waals surface area contributed by atoms with Crippen molar-refractivity contribution in [2.45, 2.75) is 26.1 Å². The Kier molecular flexibility index (Phi) is 8.19. The summed E-state index contributed by atoms with van der Waals surface area (Å²) in [6.45, 7) is 4.13. The second kappa shape index (κ2) is 13.4. The van der Waals surface area contributed by atoms with Gasteiger partial charge < -0.3 is 5.32 Å². The third kappa shape index (κ3) is 6.17. The van der Waals surface area contributed by atoms with Crippen LogP contribution in [0, 0.1) is 13.8 Å². The van der Waals surface area contributed by atoms with Crippen molar-refractivity contribution in [1.29, 1.82) is 0 Å². The minimum Gasteiger partial charge on any atom is -0.366 e. The molecule has 2 atom stereocenters. The van der Waals surface area contributed by atoms with Crippen molar-refractivity contribution in [3.8, 4) is 33.4 Å². The van der Waals surface area contributed by atoms with E-state index in [0.717, 1.165) is 22.6 Å². The molecule has 1 aliphatic rings. The van der Waals surface area contributed by atoms with E-state index in [2.05, 4.69) is 193 Å². The monoisotopic (exact) mass is 669 g/mol. The number of benzene rings is 7. The highest BCUT2D eigenvalue weighted by Gasteiger charge is 2.25. The fourth-order valence-corrected chi connectivity index (χ4v) is 7.64. The Morgan fingerprint density at radius 1 is 0.462 bits per heavy atom. The Morgan fingerprint density at radius 3 is 1.87 bits per heavy atom. The standard InChI is InChI=1S/C49H39N3/c1-32-17-26-44(33(2)50-32)36-20-18-34(19-21-36)41-27-42(40-25-24-37-23-22-35-11-9-10-16-45(35)46(37)30-40)29-43(28-41)49-51-47(38-12-5-3-6-13-38)31-48(52-49)39-14-7-4-8-15-39/h3-31,47,49,51-52H,1-2H3. The third-order valence-corrected chi connectivity index (χ3v) is 10.3. The molecule has 7 aromatic carbocycles. The molecule has 2 unspecified atom stereocenters. The molecule has 8 aromatic rings. The molecule has 52 heavy (non-hydrogen) atoms. The summed E-state index contributed by atoms with van der Waals surface area (Å²) in [5.74, 6) is 0. The van der Waals surface area contributed by atoms with Crippen LogP contribution in [0.4, 0.5) is 0 Å². The van der Waals surface area contributed by atoms with E-state index in [9.17, 15) is 0 Å². The topological polar surface area (TPSA) is 37.0 Å². The molecule has 0 fully saturated rings. The van der Waals surface area contributed by atoms with Gasteiger partial charge in [0.2, 0.25) is 0 Å². The molecule has 9 rings (SSSR count). The Labute approximate surface area is 305 Å². The average Bonchev–Trinajstić information content (AvgIpc) is 3.21. The molecule has 1 aromatic heterocycles. The van der Waals surface area contributed by atoms with Gasteiger partial charge in [-0.15, -0.1) is 0 Å². The van der Waals surface area contributed by atoms with E-state index in [4.69, 9.17) is 4.98 Å². The minimum atomic E-state index is -0.133. The molecule has 0 spiro atoms. The van der Waals surface area contributed by atoms with Gasteiger partial charge in [0.15, 0.2) is 0 Å². The van der Waals surface area contributed by atoms with Crippen LogP contribution in [0.1, 0.15) is 40.3 Å². The first-order chi connectivity index (χ1) is 25.6. The molecule has 0 amide bonds. The Hall–Kier alpha value is -6.29. The molecule has 3 nitrogen and oxygen atoms in total. The molecule has 2 heterocycles. The van der Waals surface area contributed by atoms with E-state index in [1.165, 1.54) is 66.1 Å². The second-order valence-corrected chi connectivity index (χ2v) is 13.8. The maximum atomic E-state index is 4.72. The highest BCUT2D eigenvalue weighted by molar-refractivity contribution is 6.08. The first-order valence-corrected chi connectivity index (χ1v) is 18.0. The Morgan fingerprint density at radius 2 is 1.10 bits per heavy atom. The number of aryl methyl sites for hydroxylation is 2. The van der Waals surface area contributed by atoms with Crippen molar-refractivity contribution in [1.82, 2.24) is 15.6 Å². The zero-order valence-electron chi connectivity index (χ0n) is 29.3. The van der Waals surface area contributed by atoms with Crippen molar-refractivity contribution in [2.24, 2.45) is 0 Å². The van der Waals surface area contributed by atoms with Crippen LogP contribution in [0.3, 0.4) is 0 Å². The van der Waals surface area contributed by atoms with Crippen LogP contribution in [0.15, 0.2) is 176 Å². The minimum absolute atomic E-state index is 0.0347. The SMILES string of the molecule is Cc1ccc(-c2ccc(-c3cc(-c4ccc5ccc6ccccc6c5c4)cc(C4NC(c5ccccc5)=CC(c5ccccc5)N4)c3)cc2)c(C)n1. The summed E-state index contributed by atoms with van der Waals surface area (Å²) >= 11 is 0. The lowest BCUT2D eigenvalue weighted by molar-refractivity contribution is 0.443. The highest BCUT2D eigenvalue weighted by Crippen LogP contribution is 2.37. The number of nitrogens with zero attached hydrogens (tertiary/aromatic N) is 1. The Balaban J connectivity index is 1.18. The van der Waals surface area contributed by atoms with Crippen LogP contribution in [0.2, 0.25) is 0 Å². The quantitative estimate of drug-likeness (QED) is 0.173. The number of pyridine rings is 1. The largest absolute Gasteiger partial charge is 0.366 e. The van der Waals surface area contributed by atoms with Gasteiger partial charge in [0.05, 0.1) is 6.04 Å². The zero-order chi connectivity index (χ0) is 35.0. The fourth-order valence-electron chi connectivity index (χ4n) is 7.64. The summed E-state index contributed by atoms with van der Waals surface area (Å²) in [6.07, 6.45) is 2.17. The maximum absolute atomic E-state index is 4.72. The zero-order valence-corrected chi connectivity index (χ0v) is 29.3. The lowest BCUT2D eigenvalue weighted by atomic mass is 9.91. The van der Waals surface area contributed by atoms with Crippen molar-refractivity contribution in [2.75, 3.05) is 0 Å². The number of hydrogen-bond donors (Lipinski definition) is 2. The van der Waals surface area contributed by atoms with Crippen LogP contribution in [0.25, 0.3) is 60.6 Å². The van der Waals surface area contributed by atoms with E-state index in [0.29, 0.717) is 0 Å².